The first kappa shape index (κ1) is 12.7. The van der Waals surface area contributed by atoms with Gasteiger partial charge < -0.3 is 10.0 Å². The third-order valence-corrected chi connectivity index (χ3v) is 3.15. The van der Waals surface area contributed by atoms with E-state index in [4.69, 9.17) is 0 Å². The van der Waals surface area contributed by atoms with E-state index >= 15 is 0 Å². The number of amides is 1. The lowest BCUT2D eigenvalue weighted by atomic mass is 9.93. The van der Waals surface area contributed by atoms with Crippen molar-refractivity contribution in [2.45, 2.75) is 45.6 Å². The Bertz CT molecular complexity index is 331. The van der Waals surface area contributed by atoms with E-state index in [0.29, 0.717) is 19.4 Å². The minimum atomic E-state index is -0.983. The van der Waals surface area contributed by atoms with Gasteiger partial charge in [-0.3, -0.25) is 4.79 Å². The Balaban J connectivity index is 2.99. The predicted octanol–water partition coefficient (Wildman–Crippen LogP) is 1.81. The van der Waals surface area contributed by atoms with Crippen LogP contribution in [0.25, 0.3) is 0 Å². The first-order valence-electron chi connectivity index (χ1n) is 5.64. The number of hydrogen-bond donors (Lipinski definition) is 1. The average Bonchev–Trinajstić information content (AvgIpc) is 2.60. The molecule has 0 spiro atoms. The highest BCUT2D eigenvalue weighted by molar-refractivity contribution is 5.94. The maximum Gasteiger partial charge on any atom is 0.329 e. The quantitative estimate of drug-likeness (QED) is 0.745. The summed E-state index contributed by atoms with van der Waals surface area (Å²) in [6.07, 6.45) is 3.30. The normalized spacial score (nSPS) is 24.3. The molecule has 1 heterocycles. The minimum absolute atomic E-state index is 0.179. The molecule has 1 atom stereocenters. The van der Waals surface area contributed by atoms with Gasteiger partial charge in [-0.1, -0.05) is 12.5 Å². The van der Waals surface area contributed by atoms with Crippen LogP contribution in [-0.4, -0.2) is 34.0 Å². The Morgan fingerprint density at radius 1 is 1.44 bits per heavy atom. The van der Waals surface area contributed by atoms with E-state index in [1.807, 2.05) is 20.8 Å². The molecule has 0 bridgehead atoms. The second-order valence-electron chi connectivity index (χ2n) is 4.51. The molecule has 4 nitrogen and oxygen atoms in total. The van der Waals surface area contributed by atoms with Crippen molar-refractivity contribution in [3.05, 3.63) is 11.6 Å². The zero-order valence-electron chi connectivity index (χ0n) is 10.1. The van der Waals surface area contributed by atoms with Crippen LogP contribution in [0.5, 0.6) is 0 Å². The first-order valence-corrected chi connectivity index (χ1v) is 5.64. The van der Waals surface area contributed by atoms with Gasteiger partial charge in [-0.05, 0) is 33.1 Å². The molecule has 4 heteroatoms. The van der Waals surface area contributed by atoms with Gasteiger partial charge in [-0.15, -0.1) is 0 Å². The van der Waals surface area contributed by atoms with E-state index in [1.54, 1.807) is 0 Å². The summed E-state index contributed by atoms with van der Waals surface area (Å²) < 4.78 is 0. The Kier molecular flexibility index (Phi) is 3.73. The van der Waals surface area contributed by atoms with Crippen molar-refractivity contribution < 1.29 is 14.7 Å². The second kappa shape index (κ2) is 4.68. The fourth-order valence-electron chi connectivity index (χ4n) is 2.27. The number of hydrogen-bond acceptors (Lipinski definition) is 2. The summed E-state index contributed by atoms with van der Waals surface area (Å²) in [6.45, 7) is 6.04. The smallest absolute Gasteiger partial charge is 0.329 e. The number of nitrogens with zero attached hydrogens (tertiary/aromatic N) is 1. The van der Waals surface area contributed by atoms with Crippen LogP contribution in [0.15, 0.2) is 11.6 Å². The SMILES string of the molecule is CCC1(C(=O)O)CCCN1C(=O)C=C(C)C. The van der Waals surface area contributed by atoms with Gasteiger partial charge in [0.25, 0.3) is 0 Å². The summed E-state index contributed by atoms with van der Waals surface area (Å²) in [7, 11) is 0. The van der Waals surface area contributed by atoms with E-state index in [0.717, 1.165) is 12.0 Å². The molecule has 0 aliphatic carbocycles. The molecular weight excluding hydrogens is 206 g/mol. The average molecular weight is 225 g/mol. The Labute approximate surface area is 95.9 Å². The largest absolute Gasteiger partial charge is 0.479 e. The van der Waals surface area contributed by atoms with Gasteiger partial charge in [0.15, 0.2) is 0 Å². The van der Waals surface area contributed by atoms with Crippen LogP contribution in [-0.2, 0) is 9.59 Å². The van der Waals surface area contributed by atoms with Crippen molar-refractivity contribution in [3.63, 3.8) is 0 Å². The molecule has 1 amide bonds. The topological polar surface area (TPSA) is 57.6 Å². The zero-order chi connectivity index (χ0) is 12.3. The van der Waals surface area contributed by atoms with Gasteiger partial charge in [0, 0.05) is 12.6 Å². The van der Waals surface area contributed by atoms with Crippen LogP contribution in [0.3, 0.4) is 0 Å². The van der Waals surface area contributed by atoms with Crippen molar-refractivity contribution in [1.29, 1.82) is 0 Å². The van der Waals surface area contributed by atoms with Gasteiger partial charge in [-0.2, -0.15) is 0 Å². The van der Waals surface area contributed by atoms with Crippen LogP contribution in [0, 0.1) is 0 Å². The van der Waals surface area contributed by atoms with Gasteiger partial charge in [0.2, 0.25) is 5.91 Å². The standard InChI is InChI=1S/C12H19NO3/c1-4-12(11(15)16)6-5-7-13(12)10(14)8-9(2)3/h8H,4-7H2,1-3H3,(H,15,16). The predicted molar refractivity (Wildman–Crippen MR) is 61.0 cm³/mol. The Morgan fingerprint density at radius 2 is 2.06 bits per heavy atom. The molecule has 0 aromatic heterocycles. The summed E-state index contributed by atoms with van der Waals surface area (Å²) >= 11 is 0. The van der Waals surface area contributed by atoms with Crippen LogP contribution in [0.4, 0.5) is 0 Å². The molecule has 1 aliphatic rings. The molecule has 1 unspecified atom stereocenters. The van der Waals surface area contributed by atoms with Crippen molar-refractivity contribution in [2.24, 2.45) is 0 Å². The molecule has 0 aromatic carbocycles. The number of rotatable bonds is 3. The fourth-order valence-corrected chi connectivity index (χ4v) is 2.27. The third-order valence-electron chi connectivity index (χ3n) is 3.15. The number of allylic oxidation sites excluding steroid dienone is 1. The summed E-state index contributed by atoms with van der Waals surface area (Å²) in [6, 6.07) is 0. The molecule has 0 aromatic rings. The lowest BCUT2D eigenvalue weighted by molar-refractivity contribution is -0.155. The van der Waals surface area contributed by atoms with E-state index in [-0.39, 0.29) is 5.91 Å². The first-order chi connectivity index (χ1) is 7.44. The highest BCUT2D eigenvalue weighted by Gasteiger charge is 2.47. The van der Waals surface area contributed by atoms with Gasteiger partial charge in [0.05, 0.1) is 0 Å². The van der Waals surface area contributed by atoms with E-state index < -0.39 is 11.5 Å². The summed E-state index contributed by atoms with van der Waals surface area (Å²) in [5.74, 6) is -1.07. The van der Waals surface area contributed by atoms with Gasteiger partial charge >= 0.3 is 5.97 Å². The zero-order valence-corrected chi connectivity index (χ0v) is 10.1. The molecule has 90 valence electrons. The molecule has 1 N–H and O–H groups in total. The Hall–Kier alpha value is -1.32. The summed E-state index contributed by atoms with van der Waals surface area (Å²) in [5.41, 5.74) is -0.0875. The van der Waals surface area contributed by atoms with Crippen molar-refractivity contribution in [1.82, 2.24) is 4.90 Å². The van der Waals surface area contributed by atoms with E-state index in [9.17, 15) is 14.7 Å². The van der Waals surface area contributed by atoms with E-state index in [2.05, 4.69) is 0 Å². The molecule has 1 aliphatic heterocycles. The lowest BCUT2D eigenvalue weighted by Gasteiger charge is -2.33. The number of likely N-dealkylation sites (tertiary alicyclic amines) is 1. The monoisotopic (exact) mass is 225 g/mol. The number of carboxylic acid groups (broad SMARTS) is 1. The van der Waals surface area contributed by atoms with Crippen molar-refractivity contribution >= 4 is 11.9 Å². The number of carboxylic acids is 1. The fraction of sp³-hybridized carbons (Fsp3) is 0.667. The van der Waals surface area contributed by atoms with Gasteiger partial charge in [0.1, 0.15) is 5.54 Å². The van der Waals surface area contributed by atoms with Crippen molar-refractivity contribution in [2.75, 3.05) is 6.54 Å². The van der Waals surface area contributed by atoms with Crippen LogP contribution >= 0.6 is 0 Å². The summed E-state index contributed by atoms with van der Waals surface area (Å²) in [4.78, 5) is 24.8. The number of aliphatic carboxylic acids is 1. The second-order valence-corrected chi connectivity index (χ2v) is 4.51. The molecule has 1 rings (SSSR count). The number of carbonyl (C=O) groups excluding carboxylic acids is 1. The van der Waals surface area contributed by atoms with Gasteiger partial charge in [-0.25, -0.2) is 4.79 Å². The molecule has 16 heavy (non-hydrogen) atoms. The molecule has 0 radical (unpaired) electrons. The maximum absolute atomic E-state index is 11.9. The molecule has 1 saturated heterocycles. The van der Waals surface area contributed by atoms with Crippen LogP contribution in [0.1, 0.15) is 40.0 Å². The summed E-state index contributed by atoms with van der Waals surface area (Å²) in [5, 5.41) is 9.30. The third kappa shape index (κ3) is 2.10. The highest BCUT2D eigenvalue weighted by Crippen LogP contribution is 2.33. The van der Waals surface area contributed by atoms with Crippen molar-refractivity contribution in [3.8, 4) is 0 Å². The van der Waals surface area contributed by atoms with Crippen LogP contribution in [0.2, 0.25) is 0 Å². The maximum atomic E-state index is 11.9. The minimum Gasteiger partial charge on any atom is -0.479 e. The highest BCUT2D eigenvalue weighted by atomic mass is 16.4. The van der Waals surface area contributed by atoms with E-state index in [1.165, 1.54) is 11.0 Å². The molecule has 0 saturated carbocycles. The van der Waals surface area contributed by atoms with Crippen LogP contribution < -0.4 is 0 Å². The number of carbonyl (C=O) groups is 2. The molecule has 1 fully saturated rings. The Morgan fingerprint density at radius 3 is 2.50 bits per heavy atom. The molecular formula is C12H19NO3. The lowest BCUT2D eigenvalue weighted by Crippen LogP contribution is -2.52.